The summed E-state index contributed by atoms with van der Waals surface area (Å²) < 4.78 is 19.4. The van der Waals surface area contributed by atoms with Crippen molar-refractivity contribution in [1.82, 2.24) is 0 Å². The number of carbonyl (C=O) groups is 1. The third kappa shape index (κ3) is 4.17. The molecule has 0 amide bonds. The number of carbonyl (C=O) groups excluding carboxylic acids is 1. The fourth-order valence-electron chi connectivity index (χ4n) is 10.5. The van der Waals surface area contributed by atoms with Crippen molar-refractivity contribution in [3.63, 3.8) is 0 Å². The Morgan fingerprint density at radius 2 is 1.92 bits per heavy atom. The van der Waals surface area contributed by atoms with Gasteiger partial charge in [0, 0.05) is 25.2 Å². The van der Waals surface area contributed by atoms with Crippen LogP contribution in [0.4, 0.5) is 0 Å². The summed E-state index contributed by atoms with van der Waals surface area (Å²) in [5.74, 6) is 3.77. The lowest BCUT2D eigenvalue weighted by molar-refractivity contribution is -0.272. The molecule has 0 aromatic heterocycles. The first-order valence-electron chi connectivity index (χ1n) is 15.9. The van der Waals surface area contributed by atoms with Crippen molar-refractivity contribution >= 4 is 5.97 Å². The summed E-state index contributed by atoms with van der Waals surface area (Å²) in [6.07, 6.45) is 17.4. The average Bonchev–Trinajstić information content (AvgIpc) is 3.31. The minimum Gasteiger partial charge on any atom is -0.462 e. The lowest BCUT2D eigenvalue weighted by atomic mass is 9.47. The van der Waals surface area contributed by atoms with Gasteiger partial charge in [-0.2, -0.15) is 0 Å². The zero-order valence-corrected chi connectivity index (χ0v) is 24.2. The third-order valence-corrected chi connectivity index (χ3v) is 12.6. The molecule has 4 aliphatic carbocycles. The largest absolute Gasteiger partial charge is 0.462 e. The van der Waals surface area contributed by atoms with Crippen LogP contribution in [-0.2, 0) is 19.0 Å². The van der Waals surface area contributed by atoms with Gasteiger partial charge in [-0.1, -0.05) is 59.1 Å². The molecule has 2 heterocycles. The van der Waals surface area contributed by atoms with E-state index in [1.807, 2.05) is 0 Å². The van der Waals surface area contributed by atoms with Crippen LogP contribution in [0.5, 0.6) is 0 Å². The fourth-order valence-corrected chi connectivity index (χ4v) is 10.5. The Kier molecular flexibility index (Phi) is 6.87. The van der Waals surface area contributed by atoms with Gasteiger partial charge in [0.25, 0.3) is 0 Å². The smallest absolute Gasteiger partial charge is 0.306 e. The summed E-state index contributed by atoms with van der Waals surface area (Å²) in [5, 5.41) is 0. The molecule has 0 radical (unpaired) electrons. The Morgan fingerprint density at radius 3 is 2.68 bits per heavy atom. The Bertz CT molecular complexity index is 902. The minimum absolute atomic E-state index is 0.0190. The maximum absolute atomic E-state index is 12.4. The minimum atomic E-state index is -0.315. The molecular formula is C33H52O4. The molecule has 3 saturated carbocycles. The predicted octanol–water partition coefficient (Wildman–Crippen LogP) is 7.85. The zero-order valence-electron chi connectivity index (χ0n) is 24.2. The van der Waals surface area contributed by atoms with Crippen LogP contribution in [0.15, 0.2) is 11.6 Å². The summed E-state index contributed by atoms with van der Waals surface area (Å²) in [5.41, 5.74) is 2.25. The topological polar surface area (TPSA) is 44.8 Å². The van der Waals surface area contributed by atoms with Crippen LogP contribution >= 0.6 is 0 Å². The van der Waals surface area contributed by atoms with E-state index >= 15 is 0 Å². The first kappa shape index (κ1) is 26.4. The van der Waals surface area contributed by atoms with Gasteiger partial charge in [0.15, 0.2) is 5.79 Å². The van der Waals surface area contributed by atoms with Gasteiger partial charge in [0.05, 0.1) is 12.7 Å². The first-order valence-corrected chi connectivity index (χ1v) is 15.9. The van der Waals surface area contributed by atoms with Crippen LogP contribution in [0.2, 0.25) is 0 Å². The van der Waals surface area contributed by atoms with Gasteiger partial charge in [-0.3, -0.25) is 4.79 Å². The van der Waals surface area contributed by atoms with Crippen LogP contribution in [0.25, 0.3) is 0 Å². The summed E-state index contributed by atoms with van der Waals surface area (Å²) in [6.45, 7) is 13.0. The van der Waals surface area contributed by atoms with Crippen LogP contribution in [-0.4, -0.2) is 30.6 Å². The molecule has 4 heteroatoms. The van der Waals surface area contributed by atoms with Gasteiger partial charge in [-0.05, 0) is 91.8 Å². The highest BCUT2D eigenvalue weighted by molar-refractivity contribution is 5.69. The Balaban J connectivity index is 1.15. The molecule has 0 N–H and O–H groups in total. The molecule has 4 nitrogen and oxygen atoms in total. The van der Waals surface area contributed by atoms with Crippen molar-refractivity contribution in [3.05, 3.63) is 11.6 Å². The van der Waals surface area contributed by atoms with Crippen molar-refractivity contribution in [3.8, 4) is 0 Å². The normalized spacial score (nSPS) is 50.6. The molecule has 2 saturated heterocycles. The van der Waals surface area contributed by atoms with Crippen LogP contribution in [0.3, 0.4) is 0 Å². The highest BCUT2D eigenvalue weighted by Gasteiger charge is 2.68. The Hall–Kier alpha value is -0.870. The van der Waals surface area contributed by atoms with E-state index in [0.29, 0.717) is 35.7 Å². The highest BCUT2D eigenvalue weighted by atomic mass is 16.7. The van der Waals surface area contributed by atoms with E-state index in [1.165, 1.54) is 38.5 Å². The number of rotatable bonds is 5. The van der Waals surface area contributed by atoms with Crippen LogP contribution < -0.4 is 0 Å². The molecule has 6 rings (SSSR count). The predicted molar refractivity (Wildman–Crippen MR) is 146 cm³/mol. The summed E-state index contributed by atoms with van der Waals surface area (Å²) in [7, 11) is 0. The summed E-state index contributed by atoms with van der Waals surface area (Å²) in [6, 6.07) is 0. The molecule has 37 heavy (non-hydrogen) atoms. The SMILES string of the molecule is CCCCCC(=O)O[C@@H]1CC[C@@]2(C)C(=CC[C@@H]3[C@H]4C[C@@H]5O[C@]6(CC[C@H](C)CO6)[C@H](C)[C@@H]5[C@@]4(C)CC[C@H]32)C1. The number of hydrogen-bond donors (Lipinski definition) is 0. The van der Waals surface area contributed by atoms with Crippen molar-refractivity contribution < 1.29 is 19.0 Å². The number of unbranched alkanes of at least 4 members (excludes halogenated alkanes) is 2. The van der Waals surface area contributed by atoms with E-state index in [9.17, 15) is 4.79 Å². The van der Waals surface area contributed by atoms with Crippen molar-refractivity contribution in [1.29, 1.82) is 0 Å². The van der Waals surface area contributed by atoms with Gasteiger partial charge >= 0.3 is 5.97 Å². The van der Waals surface area contributed by atoms with E-state index in [-0.39, 0.29) is 23.3 Å². The molecule has 0 aromatic carbocycles. The van der Waals surface area contributed by atoms with Crippen molar-refractivity contribution in [2.24, 2.45) is 46.3 Å². The lowest BCUT2D eigenvalue weighted by Crippen LogP contribution is -2.52. The number of fused-ring (bicyclic) bond motifs is 7. The number of hydrogen-bond acceptors (Lipinski definition) is 4. The molecule has 0 bridgehead atoms. The average molecular weight is 513 g/mol. The zero-order chi connectivity index (χ0) is 26.0. The molecule has 1 spiro atoms. The van der Waals surface area contributed by atoms with E-state index in [2.05, 4.69) is 40.7 Å². The second kappa shape index (κ2) is 9.65. The monoisotopic (exact) mass is 512 g/mol. The van der Waals surface area contributed by atoms with Gasteiger partial charge in [0.2, 0.25) is 0 Å². The van der Waals surface area contributed by atoms with Gasteiger partial charge in [-0.15, -0.1) is 0 Å². The number of allylic oxidation sites excluding steroid dienone is 1. The van der Waals surface area contributed by atoms with Gasteiger partial charge in [0.1, 0.15) is 6.10 Å². The van der Waals surface area contributed by atoms with E-state index in [4.69, 9.17) is 14.2 Å². The Labute approximate surface area is 225 Å². The molecule has 0 aromatic rings. The number of esters is 1. The summed E-state index contributed by atoms with van der Waals surface area (Å²) >= 11 is 0. The standard InChI is InChI=1S/C33H52O4/c1-6-7-8-9-29(34)36-24-13-15-31(4)23(18-24)10-11-25-26(31)14-16-32(5)27(25)19-28-30(32)22(3)33(37-28)17-12-21(2)20-35-33/h10,21-22,24-28,30H,6-9,11-20H2,1-5H3/t21-,22+,24+,25-,26+,27+,28-,30-,31-,32-,33+/m0/s1. The van der Waals surface area contributed by atoms with E-state index in [0.717, 1.165) is 62.9 Å². The molecule has 5 fully saturated rings. The van der Waals surface area contributed by atoms with Crippen molar-refractivity contribution in [2.75, 3.05) is 6.61 Å². The fraction of sp³-hybridized carbons (Fsp3) is 0.909. The maximum atomic E-state index is 12.4. The quantitative estimate of drug-likeness (QED) is 0.214. The molecule has 6 aliphatic rings. The van der Waals surface area contributed by atoms with Gasteiger partial charge in [-0.25, -0.2) is 0 Å². The molecule has 0 unspecified atom stereocenters. The first-order chi connectivity index (χ1) is 17.7. The third-order valence-electron chi connectivity index (χ3n) is 12.6. The van der Waals surface area contributed by atoms with Crippen LogP contribution in [0.1, 0.15) is 118 Å². The second-order valence-electron chi connectivity index (χ2n) is 14.6. The highest BCUT2D eigenvalue weighted by Crippen LogP contribution is 2.70. The molecule has 11 atom stereocenters. The molecule has 208 valence electrons. The van der Waals surface area contributed by atoms with Gasteiger partial charge < -0.3 is 14.2 Å². The lowest BCUT2D eigenvalue weighted by Gasteiger charge is -2.58. The van der Waals surface area contributed by atoms with E-state index < -0.39 is 0 Å². The van der Waals surface area contributed by atoms with E-state index in [1.54, 1.807) is 5.57 Å². The summed E-state index contributed by atoms with van der Waals surface area (Å²) in [4.78, 5) is 12.4. The maximum Gasteiger partial charge on any atom is 0.306 e. The molecular weight excluding hydrogens is 460 g/mol. The van der Waals surface area contributed by atoms with Crippen LogP contribution in [0, 0.1) is 46.3 Å². The second-order valence-corrected chi connectivity index (χ2v) is 14.6. The Morgan fingerprint density at radius 1 is 1.08 bits per heavy atom. The molecule has 2 aliphatic heterocycles. The number of ether oxygens (including phenoxy) is 3. The van der Waals surface area contributed by atoms with Crippen molar-refractivity contribution in [2.45, 2.75) is 136 Å².